The van der Waals surface area contributed by atoms with E-state index in [4.69, 9.17) is 14.2 Å². The number of carbonyl (C=O) groups is 1. The van der Waals surface area contributed by atoms with Gasteiger partial charge in [0.05, 0.1) is 11.1 Å². The average Bonchev–Trinajstić information content (AvgIpc) is 2.99. The van der Waals surface area contributed by atoms with Crippen molar-refractivity contribution in [3.05, 3.63) is 138 Å². The Morgan fingerprint density at radius 3 is 1.27 bits per heavy atom. The molecule has 5 aromatic carbocycles. The van der Waals surface area contributed by atoms with Gasteiger partial charge in [-0.1, -0.05) is 60.7 Å². The first-order valence-electron chi connectivity index (χ1n) is 12.9. The van der Waals surface area contributed by atoms with Crippen LogP contribution in [-0.4, -0.2) is 5.52 Å². The number of halogens is 6. The van der Waals surface area contributed by atoms with Gasteiger partial charge in [0.25, 0.3) is 0 Å². The van der Waals surface area contributed by atoms with Crippen molar-refractivity contribution in [3.8, 4) is 34.5 Å². The van der Waals surface area contributed by atoms with Crippen LogP contribution in [0.5, 0.6) is 34.5 Å². The van der Waals surface area contributed by atoms with Crippen LogP contribution in [0.25, 0.3) is 0 Å². The van der Waals surface area contributed by atoms with Gasteiger partial charge in [0.2, 0.25) is 0 Å². The van der Waals surface area contributed by atoms with Gasteiger partial charge < -0.3 is 27.6 Å². The van der Waals surface area contributed by atoms with Crippen LogP contribution >= 0.6 is 8.58 Å². The summed E-state index contributed by atoms with van der Waals surface area (Å²) in [5.74, 6) is 1.01. The molecule has 0 aliphatic rings. The molecule has 5 rings (SSSR count). The van der Waals surface area contributed by atoms with Crippen molar-refractivity contribution in [3.63, 3.8) is 0 Å². The molecule has 0 aromatic heterocycles. The van der Waals surface area contributed by atoms with Crippen molar-refractivity contribution >= 4 is 19.4 Å². The molecule has 0 aliphatic carbocycles. The predicted molar refractivity (Wildman–Crippen MR) is 153 cm³/mol. The quantitative estimate of drug-likeness (QED) is 0.0959. The maximum Gasteiger partial charge on any atom is 1.00 e. The van der Waals surface area contributed by atoms with Crippen molar-refractivity contribution in [2.75, 3.05) is 0 Å². The molecule has 0 saturated carbocycles. The topological polar surface area (TPSA) is 44.8 Å². The van der Waals surface area contributed by atoms with Gasteiger partial charge in [-0.05, 0) is 48.5 Å². The Morgan fingerprint density at radius 1 is 0.511 bits per heavy atom. The fourth-order valence-electron chi connectivity index (χ4n) is 4.15. The van der Waals surface area contributed by atoms with Gasteiger partial charge in [-0.15, -0.1) is 5.30 Å². The van der Waals surface area contributed by atoms with Crippen molar-refractivity contribution in [1.82, 2.24) is 0 Å². The standard InChI is InChI=1S/C33H20F6O4P.Li/c34-32(35,36)25-17-10-18-26(33(37,38)39)29(25)31(40)44-30-27(42-22-13-6-2-7-14-22)19-24(41-21-11-4-1-5-12-21)20-28(30)43-23-15-8-3-9-16-23;/h1-20H;/q-1;+1. The van der Waals surface area contributed by atoms with E-state index in [0.29, 0.717) is 23.9 Å². The molecule has 0 fully saturated rings. The maximum atomic E-state index is 13.9. The third-order valence-electron chi connectivity index (χ3n) is 6.04. The molecule has 0 spiro atoms. The summed E-state index contributed by atoms with van der Waals surface area (Å²) in [4.78, 5) is 13.6. The number of benzene rings is 5. The first-order valence-corrected chi connectivity index (χ1v) is 13.8. The Bertz CT molecular complexity index is 1650. The maximum absolute atomic E-state index is 13.9. The Morgan fingerprint density at radius 2 is 0.889 bits per heavy atom. The second kappa shape index (κ2) is 14.3. The summed E-state index contributed by atoms with van der Waals surface area (Å²) in [6.45, 7) is 0. The summed E-state index contributed by atoms with van der Waals surface area (Å²) in [5.41, 5.74) is -6.37. The SMILES string of the molecule is O=C([P-]c1c(Oc2ccccc2)cc(Oc2ccccc2)cc1Oc1ccccc1)c1c(C(F)(F)F)cccc1C(F)(F)F.[Li+]. The van der Waals surface area contributed by atoms with Gasteiger partial charge in [-0.2, -0.15) is 26.3 Å². The minimum absolute atomic E-state index is 0. The molecule has 0 radical (unpaired) electrons. The van der Waals surface area contributed by atoms with E-state index in [1.807, 2.05) is 0 Å². The molecule has 0 saturated heterocycles. The Hall–Kier alpha value is -4.22. The summed E-state index contributed by atoms with van der Waals surface area (Å²) in [7, 11) is -0.576. The number of rotatable bonds is 9. The molecule has 0 aliphatic heterocycles. The average molecular weight is 632 g/mol. The van der Waals surface area contributed by atoms with Crippen molar-refractivity contribution in [2.24, 2.45) is 0 Å². The zero-order valence-corrected chi connectivity index (χ0v) is 24.3. The zero-order chi connectivity index (χ0) is 31.3. The zero-order valence-electron chi connectivity index (χ0n) is 23.4. The number of carbonyl (C=O) groups excluding carboxylic acids is 1. The van der Waals surface area contributed by atoms with E-state index in [2.05, 4.69) is 0 Å². The van der Waals surface area contributed by atoms with Gasteiger partial charge in [0.1, 0.15) is 34.5 Å². The normalized spacial score (nSPS) is 11.6. The summed E-state index contributed by atoms with van der Waals surface area (Å²) in [6.07, 6.45) is -10.5. The number of hydrogen-bond donors (Lipinski definition) is 0. The van der Waals surface area contributed by atoms with Crippen LogP contribution in [0.4, 0.5) is 26.3 Å². The van der Waals surface area contributed by atoms with Crippen LogP contribution in [0.2, 0.25) is 0 Å². The molecule has 0 bridgehead atoms. The van der Waals surface area contributed by atoms with E-state index in [9.17, 15) is 31.1 Å². The van der Waals surface area contributed by atoms with Crippen LogP contribution in [0.1, 0.15) is 21.5 Å². The van der Waals surface area contributed by atoms with Crippen LogP contribution < -0.4 is 38.4 Å². The van der Waals surface area contributed by atoms with Gasteiger partial charge in [-0.3, -0.25) is 0 Å². The first kappa shape index (κ1) is 33.7. The molecular formula is C33H20F6LiO4P. The molecule has 4 nitrogen and oxygen atoms in total. The monoisotopic (exact) mass is 632 g/mol. The summed E-state index contributed by atoms with van der Waals surface area (Å²) >= 11 is 0. The van der Waals surface area contributed by atoms with E-state index in [-0.39, 0.29) is 52.9 Å². The number of para-hydroxylation sites is 3. The van der Waals surface area contributed by atoms with Gasteiger partial charge >= 0.3 is 31.2 Å². The molecule has 45 heavy (non-hydrogen) atoms. The Labute approximate surface area is 267 Å². The molecule has 12 heteroatoms. The molecule has 0 unspecified atom stereocenters. The minimum Gasteiger partial charge on any atom is -0.459 e. The number of hydrogen-bond acceptors (Lipinski definition) is 4. The van der Waals surface area contributed by atoms with Crippen molar-refractivity contribution < 1.29 is 64.2 Å². The van der Waals surface area contributed by atoms with E-state index in [0.717, 1.165) is 0 Å². The number of alkyl halides is 6. The molecule has 0 amide bonds. The summed E-state index contributed by atoms with van der Waals surface area (Å²) in [5, 5.41) is -0.117. The fourth-order valence-corrected chi connectivity index (χ4v) is 5.15. The number of ether oxygens (including phenoxy) is 3. The van der Waals surface area contributed by atoms with Gasteiger partial charge in [0.15, 0.2) is 0 Å². The van der Waals surface area contributed by atoms with Crippen LogP contribution in [0, 0.1) is 0 Å². The second-order valence-corrected chi connectivity index (χ2v) is 10.2. The Kier molecular flexibility index (Phi) is 10.7. The van der Waals surface area contributed by atoms with E-state index in [1.54, 1.807) is 91.0 Å². The largest absolute Gasteiger partial charge is 1.00 e. The first-order chi connectivity index (χ1) is 21.0. The molecule has 224 valence electrons. The minimum atomic E-state index is -5.23. The van der Waals surface area contributed by atoms with Crippen LogP contribution in [0.15, 0.2) is 121 Å². The summed E-state index contributed by atoms with van der Waals surface area (Å²) in [6, 6.07) is 29.3. The van der Waals surface area contributed by atoms with Crippen LogP contribution in [-0.2, 0) is 12.4 Å². The predicted octanol–water partition coefficient (Wildman–Crippen LogP) is 7.52. The molecular weight excluding hydrogens is 612 g/mol. The van der Waals surface area contributed by atoms with E-state index < -0.39 is 43.1 Å². The fraction of sp³-hybridized carbons (Fsp3) is 0.0606. The second-order valence-electron chi connectivity index (χ2n) is 9.15. The summed E-state index contributed by atoms with van der Waals surface area (Å²) < 4.78 is 102. The molecule has 0 atom stereocenters. The van der Waals surface area contributed by atoms with Crippen molar-refractivity contribution in [1.29, 1.82) is 0 Å². The van der Waals surface area contributed by atoms with E-state index in [1.165, 1.54) is 12.1 Å². The third-order valence-corrected chi connectivity index (χ3v) is 7.13. The molecule has 0 heterocycles. The molecule has 5 aromatic rings. The molecule has 0 N–H and O–H groups in total. The van der Waals surface area contributed by atoms with Gasteiger partial charge in [0, 0.05) is 23.2 Å². The third kappa shape index (κ3) is 8.49. The smallest absolute Gasteiger partial charge is 0.459 e. The van der Waals surface area contributed by atoms with Gasteiger partial charge in [-0.25, -0.2) is 0 Å². The Balaban J connectivity index is 0.00000461. The van der Waals surface area contributed by atoms with Crippen LogP contribution in [0.3, 0.4) is 0 Å². The van der Waals surface area contributed by atoms with E-state index >= 15 is 0 Å². The van der Waals surface area contributed by atoms with Crippen molar-refractivity contribution in [2.45, 2.75) is 12.4 Å².